The van der Waals surface area contributed by atoms with Gasteiger partial charge in [-0.25, -0.2) is 0 Å². The molecule has 4 aliphatic rings. The molecule has 0 aliphatic heterocycles. The number of allylic oxidation sites excluding steroid dienone is 2. The fourth-order valence-electron chi connectivity index (χ4n) is 7.40. The number of esters is 2. The van der Waals surface area contributed by atoms with Crippen LogP contribution in [0.2, 0.25) is 0 Å². The Morgan fingerprint density at radius 1 is 1.00 bits per heavy atom. The highest BCUT2D eigenvalue weighted by atomic mass is 16.5. The van der Waals surface area contributed by atoms with Gasteiger partial charge in [0.15, 0.2) is 0 Å². The Hall–Kier alpha value is -1.32. The summed E-state index contributed by atoms with van der Waals surface area (Å²) in [6, 6.07) is 0. The lowest BCUT2D eigenvalue weighted by Crippen LogP contribution is -2.54. The molecule has 0 N–H and O–H groups in total. The van der Waals surface area contributed by atoms with Gasteiger partial charge in [-0.15, -0.1) is 0 Å². The summed E-state index contributed by atoms with van der Waals surface area (Å²) in [5.74, 6) is 3.35. The molecule has 0 heterocycles. The molecule has 3 fully saturated rings. The molecule has 0 aromatic rings. The minimum absolute atomic E-state index is 0.0327. The van der Waals surface area contributed by atoms with Crippen LogP contribution in [0.3, 0.4) is 0 Å². The molecule has 0 aromatic heterocycles. The first-order valence-corrected chi connectivity index (χ1v) is 10.8. The maximum absolute atomic E-state index is 11.5. The highest BCUT2D eigenvalue weighted by molar-refractivity contribution is 5.67. The Labute approximate surface area is 163 Å². The number of carbonyl (C=O) groups excluding carboxylic acids is 2. The van der Waals surface area contributed by atoms with Crippen LogP contribution in [0.15, 0.2) is 11.8 Å². The average molecular weight is 375 g/mol. The predicted octanol–water partition coefficient (Wildman–Crippen LogP) is 5.02. The van der Waals surface area contributed by atoms with Gasteiger partial charge in [0.1, 0.15) is 11.9 Å². The second-order valence-electron chi connectivity index (χ2n) is 10.0. The van der Waals surface area contributed by atoms with Crippen LogP contribution in [0, 0.1) is 34.5 Å². The monoisotopic (exact) mass is 374 g/mol. The van der Waals surface area contributed by atoms with Crippen molar-refractivity contribution in [2.75, 3.05) is 0 Å². The number of rotatable bonds is 2. The third-order valence-electron chi connectivity index (χ3n) is 8.71. The molecule has 0 aromatic carbocycles. The van der Waals surface area contributed by atoms with Crippen LogP contribution in [0.5, 0.6) is 0 Å². The van der Waals surface area contributed by atoms with E-state index in [-0.39, 0.29) is 23.5 Å². The van der Waals surface area contributed by atoms with Crippen molar-refractivity contribution in [1.29, 1.82) is 0 Å². The maximum atomic E-state index is 11.5. The predicted molar refractivity (Wildman–Crippen MR) is 103 cm³/mol. The molecule has 4 aliphatic carbocycles. The number of carbonyl (C=O) groups is 2. The van der Waals surface area contributed by atoms with E-state index in [4.69, 9.17) is 9.47 Å². The Balaban J connectivity index is 1.51. The fraction of sp³-hybridized carbons (Fsp3) is 0.826. The highest BCUT2D eigenvalue weighted by Gasteiger charge is 2.59. The van der Waals surface area contributed by atoms with Crippen LogP contribution in [0.1, 0.15) is 79.1 Å². The highest BCUT2D eigenvalue weighted by Crippen LogP contribution is 2.66. The second-order valence-corrected chi connectivity index (χ2v) is 10.0. The maximum Gasteiger partial charge on any atom is 0.307 e. The lowest BCUT2D eigenvalue weighted by atomic mass is 9.45. The Morgan fingerprint density at radius 3 is 2.48 bits per heavy atom. The first kappa shape index (κ1) is 19.0. The van der Waals surface area contributed by atoms with Gasteiger partial charge in [0, 0.05) is 19.3 Å². The summed E-state index contributed by atoms with van der Waals surface area (Å²) in [4.78, 5) is 22.9. The third kappa shape index (κ3) is 3.03. The average Bonchev–Trinajstić information content (AvgIpc) is 2.91. The Bertz CT molecular complexity index is 667. The number of ether oxygens (including phenoxy) is 2. The first-order chi connectivity index (χ1) is 12.7. The van der Waals surface area contributed by atoms with Crippen molar-refractivity contribution < 1.29 is 19.1 Å². The number of hydrogen-bond donors (Lipinski definition) is 0. The molecule has 4 nitrogen and oxygen atoms in total. The molecule has 4 heteroatoms. The normalized spacial score (nSPS) is 45.8. The van der Waals surface area contributed by atoms with E-state index in [1.165, 1.54) is 39.5 Å². The Morgan fingerprint density at radius 2 is 1.78 bits per heavy atom. The molecule has 0 amide bonds. The molecule has 0 radical (unpaired) electrons. The van der Waals surface area contributed by atoms with Gasteiger partial charge in [-0.2, -0.15) is 0 Å². The van der Waals surface area contributed by atoms with Crippen LogP contribution < -0.4 is 0 Å². The quantitative estimate of drug-likeness (QED) is 0.637. The van der Waals surface area contributed by atoms with Gasteiger partial charge in [0.25, 0.3) is 0 Å². The van der Waals surface area contributed by atoms with Crippen LogP contribution in [0.4, 0.5) is 0 Å². The van der Waals surface area contributed by atoms with Crippen molar-refractivity contribution in [3.05, 3.63) is 11.8 Å². The van der Waals surface area contributed by atoms with Gasteiger partial charge in [0.05, 0.1) is 0 Å². The van der Waals surface area contributed by atoms with E-state index in [9.17, 15) is 9.59 Å². The zero-order valence-corrected chi connectivity index (χ0v) is 17.3. The first-order valence-electron chi connectivity index (χ1n) is 10.8. The van der Waals surface area contributed by atoms with Crippen molar-refractivity contribution in [1.82, 2.24) is 0 Å². The number of fused-ring (bicyclic) bond motifs is 5. The van der Waals surface area contributed by atoms with Gasteiger partial charge >= 0.3 is 11.9 Å². The summed E-state index contributed by atoms with van der Waals surface area (Å²) in [6.45, 7) is 7.87. The van der Waals surface area contributed by atoms with E-state index in [2.05, 4.69) is 19.9 Å². The summed E-state index contributed by atoms with van der Waals surface area (Å²) in [5.41, 5.74) is 0.399. The van der Waals surface area contributed by atoms with Gasteiger partial charge < -0.3 is 9.47 Å². The van der Waals surface area contributed by atoms with Crippen molar-refractivity contribution in [3.63, 3.8) is 0 Å². The minimum Gasteiger partial charge on any atom is -0.463 e. The van der Waals surface area contributed by atoms with E-state index in [0.29, 0.717) is 17.3 Å². The molecular formula is C23H34O4. The molecule has 150 valence electrons. The Kier molecular flexibility index (Phi) is 4.67. The molecule has 0 bridgehead atoms. The van der Waals surface area contributed by atoms with E-state index >= 15 is 0 Å². The van der Waals surface area contributed by atoms with E-state index in [1.807, 2.05) is 0 Å². The summed E-state index contributed by atoms with van der Waals surface area (Å²) in [6.07, 6.45) is 11.4. The van der Waals surface area contributed by atoms with Crippen molar-refractivity contribution in [2.24, 2.45) is 34.5 Å². The molecule has 0 spiro atoms. The number of hydrogen-bond acceptors (Lipinski definition) is 4. The lowest BCUT2D eigenvalue weighted by Gasteiger charge is -2.60. The smallest absolute Gasteiger partial charge is 0.307 e. The third-order valence-corrected chi connectivity index (χ3v) is 8.71. The topological polar surface area (TPSA) is 52.6 Å². The van der Waals surface area contributed by atoms with Crippen LogP contribution >= 0.6 is 0 Å². The minimum atomic E-state index is -0.190. The molecular weight excluding hydrogens is 340 g/mol. The zero-order valence-electron chi connectivity index (χ0n) is 17.3. The molecule has 27 heavy (non-hydrogen) atoms. The van der Waals surface area contributed by atoms with Crippen molar-refractivity contribution in [3.8, 4) is 0 Å². The fourth-order valence-corrected chi connectivity index (χ4v) is 7.40. The largest absolute Gasteiger partial charge is 0.463 e. The summed E-state index contributed by atoms with van der Waals surface area (Å²) in [7, 11) is 0. The molecule has 4 rings (SSSR count). The van der Waals surface area contributed by atoms with Gasteiger partial charge in [0.2, 0.25) is 0 Å². The van der Waals surface area contributed by atoms with E-state index in [0.717, 1.165) is 43.3 Å². The van der Waals surface area contributed by atoms with Crippen molar-refractivity contribution in [2.45, 2.75) is 85.2 Å². The van der Waals surface area contributed by atoms with Gasteiger partial charge in [-0.3, -0.25) is 9.59 Å². The van der Waals surface area contributed by atoms with Crippen LogP contribution in [-0.2, 0) is 19.1 Å². The van der Waals surface area contributed by atoms with Crippen molar-refractivity contribution >= 4 is 11.9 Å². The second kappa shape index (κ2) is 6.63. The van der Waals surface area contributed by atoms with E-state index < -0.39 is 0 Å². The summed E-state index contributed by atoms with van der Waals surface area (Å²) < 4.78 is 11.2. The molecule has 0 unspecified atom stereocenters. The van der Waals surface area contributed by atoms with Crippen LogP contribution in [0.25, 0.3) is 0 Å². The standard InChI is InChI=1S/C23H34O4/c1-14(24)26-17-9-11-22(3)16(13-17)5-6-18-19-7-8-21(27-15(2)25)23(19,4)12-10-20(18)22/h8,16-20H,5-7,9-13H2,1-4H3/t16-,17+,18-,19-,20-,22-,23-/m0/s1. The zero-order chi connectivity index (χ0) is 19.4. The molecule has 3 saturated carbocycles. The van der Waals surface area contributed by atoms with Gasteiger partial charge in [-0.05, 0) is 86.5 Å². The molecule has 0 saturated heterocycles. The van der Waals surface area contributed by atoms with Crippen LogP contribution in [-0.4, -0.2) is 18.0 Å². The van der Waals surface area contributed by atoms with E-state index in [1.54, 1.807) is 0 Å². The molecule has 7 atom stereocenters. The SMILES string of the molecule is CC(=O)OC1=CC[C@H]2[C@@H]3CC[C@H]4C[C@H](OC(C)=O)CC[C@]4(C)[C@H]3CC[C@]12C. The lowest BCUT2D eigenvalue weighted by molar-refractivity contribution is -0.159. The summed E-state index contributed by atoms with van der Waals surface area (Å²) in [5, 5.41) is 0. The van der Waals surface area contributed by atoms with Gasteiger partial charge in [-0.1, -0.05) is 13.8 Å². The summed E-state index contributed by atoms with van der Waals surface area (Å²) >= 11 is 0.